The van der Waals surface area contributed by atoms with Crippen LogP contribution >= 0.6 is 0 Å². The SMILES string of the molecule is CCOc1cc(C)nc(N2CCN(C(=O)C3CC(=O)N(C)C3)CC2)n1. The van der Waals surface area contributed by atoms with Gasteiger partial charge in [0.15, 0.2) is 0 Å². The van der Waals surface area contributed by atoms with E-state index < -0.39 is 0 Å². The summed E-state index contributed by atoms with van der Waals surface area (Å²) in [4.78, 5) is 38.8. The average Bonchev–Trinajstić information content (AvgIpc) is 2.93. The molecule has 3 heterocycles. The summed E-state index contributed by atoms with van der Waals surface area (Å²) in [6, 6.07) is 1.82. The monoisotopic (exact) mass is 347 g/mol. The third-order valence-corrected chi connectivity index (χ3v) is 4.68. The molecule has 1 aromatic rings. The third kappa shape index (κ3) is 3.83. The number of aryl methyl sites for hydroxylation is 1. The minimum atomic E-state index is -0.205. The molecule has 1 unspecified atom stereocenters. The quantitative estimate of drug-likeness (QED) is 0.780. The highest BCUT2D eigenvalue weighted by Crippen LogP contribution is 2.21. The van der Waals surface area contributed by atoms with E-state index in [-0.39, 0.29) is 17.7 Å². The van der Waals surface area contributed by atoms with Crippen LogP contribution in [0.3, 0.4) is 0 Å². The Bertz CT molecular complexity index is 658. The predicted octanol–water partition coefficient (Wildman–Crippen LogP) is 0.311. The summed E-state index contributed by atoms with van der Waals surface area (Å²) < 4.78 is 5.49. The number of piperazine rings is 1. The fourth-order valence-electron chi connectivity index (χ4n) is 3.30. The van der Waals surface area contributed by atoms with Crippen molar-refractivity contribution in [3.63, 3.8) is 0 Å². The molecule has 25 heavy (non-hydrogen) atoms. The van der Waals surface area contributed by atoms with Crippen LogP contribution in [0.4, 0.5) is 5.95 Å². The Morgan fingerprint density at radius 3 is 2.60 bits per heavy atom. The minimum Gasteiger partial charge on any atom is -0.478 e. The summed E-state index contributed by atoms with van der Waals surface area (Å²) in [6.07, 6.45) is 0.328. The fraction of sp³-hybridized carbons (Fsp3) is 0.647. The van der Waals surface area contributed by atoms with E-state index >= 15 is 0 Å². The van der Waals surface area contributed by atoms with Gasteiger partial charge in [-0.15, -0.1) is 0 Å². The van der Waals surface area contributed by atoms with E-state index in [0.29, 0.717) is 57.6 Å². The van der Waals surface area contributed by atoms with Gasteiger partial charge in [0, 0.05) is 58.0 Å². The fourth-order valence-corrected chi connectivity index (χ4v) is 3.30. The zero-order valence-electron chi connectivity index (χ0n) is 15.1. The van der Waals surface area contributed by atoms with E-state index in [2.05, 4.69) is 14.9 Å². The van der Waals surface area contributed by atoms with Gasteiger partial charge in [-0.25, -0.2) is 4.98 Å². The van der Waals surface area contributed by atoms with Crippen molar-refractivity contribution in [3.8, 4) is 5.88 Å². The lowest BCUT2D eigenvalue weighted by atomic mass is 10.1. The van der Waals surface area contributed by atoms with E-state index in [4.69, 9.17) is 4.74 Å². The largest absolute Gasteiger partial charge is 0.478 e. The van der Waals surface area contributed by atoms with Crippen molar-refractivity contribution in [1.82, 2.24) is 19.8 Å². The second-order valence-corrected chi connectivity index (χ2v) is 6.57. The van der Waals surface area contributed by atoms with Crippen LogP contribution in [0.25, 0.3) is 0 Å². The van der Waals surface area contributed by atoms with Crippen LogP contribution < -0.4 is 9.64 Å². The first-order chi connectivity index (χ1) is 12.0. The van der Waals surface area contributed by atoms with Crippen LogP contribution in [-0.2, 0) is 9.59 Å². The summed E-state index contributed by atoms with van der Waals surface area (Å²) in [5.74, 6) is 1.15. The first-order valence-electron chi connectivity index (χ1n) is 8.74. The highest BCUT2D eigenvalue weighted by Gasteiger charge is 2.35. The van der Waals surface area contributed by atoms with Crippen LogP contribution in [0.2, 0.25) is 0 Å². The maximum absolute atomic E-state index is 12.6. The van der Waals surface area contributed by atoms with Gasteiger partial charge >= 0.3 is 0 Å². The normalized spacial score (nSPS) is 21.0. The smallest absolute Gasteiger partial charge is 0.228 e. The van der Waals surface area contributed by atoms with E-state index in [1.165, 1.54) is 0 Å². The van der Waals surface area contributed by atoms with Gasteiger partial charge in [-0.3, -0.25) is 9.59 Å². The number of ether oxygens (including phenoxy) is 1. The van der Waals surface area contributed by atoms with Crippen molar-refractivity contribution in [2.75, 3.05) is 51.3 Å². The average molecular weight is 347 g/mol. The Hall–Kier alpha value is -2.38. The molecular formula is C17H25N5O3. The molecular weight excluding hydrogens is 322 g/mol. The van der Waals surface area contributed by atoms with Crippen LogP contribution in [0.5, 0.6) is 5.88 Å². The first kappa shape index (κ1) is 17.4. The standard InChI is InChI=1S/C17H25N5O3/c1-4-25-14-9-12(2)18-17(19-14)22-7-5-21(6-8-22)16(24)13-10-15(23)20(3)11-13/h9,13H,4-8,10-11H2,1-3H3. The van der Waals surface area contributed by atoms with Crippen molar-refractivity contribution >= 4 is 17.8 Å². The van der Waals surface area contributed by atoms with Crippen LogP contribution in [0, 0.1) is 12.8 Å². The number of hydrogen-bond acceptors (Lipinski definition) is 6. The molecule has 0 radical (unpaired) electrons. The lowest BCUT2D eigenvalue weighted by Gasteiger charge is -2.36. The molecule has 136 valence electrons. The molecule has 0 N–H and O–H groups in total. The predicted molar refractivity (Wildman–Crippen MR) is 92.5 cm³/mol. The van der Waals surface area contributed by atoms with Crippen molar-refractivity contribution in [3.05, 3.63) is 11.8 Å². The van der Waals surface area contributed by atoms with Crippen molar-refractivity contribution in [1.29, 1.82) is 0 Å². The van der Waals surface area contributed by atoms with Gasteiger partial charge in [0.2, 0.25) is 23.6 Å². The van der Waals surface area contributed by atoms with E-state index in [1.807, 2.05) is 24.8 Å². The molecule has 1 atom stereocenters. The first-order valence-corrected chi connectivity index (χ1v) is 8.74. The van der Waals surface area contributed by atoms with E-state index in [1.54, 1.807) is 11.9 Å². The van der Waals surface area contributed by atoms with Gasteiger partial charge in [-0.1, -0.05) is 0 Å². The molecule has 2 aliphatic rings. The summed E-state index contributed by atoms with van der Waals surface area (Å²) >= 11 is 0. The van der Waals surface area contributed by atoms with Gasteiger partial charge in [0.05, 0.1) is 12.5 Å². The maximum Gasteiger partial charge on any atom is 0.228 e. The lowest BCUT2D eigenvalue weighted by molar-refractivity contribution is -0.136. The van der Waals surface area contributed by atoms with Crippen molar-refractivity contribution in [2.24, 2.45) is 5.92 Å². The van der Waals surface area contributed by atoms with Crippen molar-refractivity contribution in [2.45, 2.75) is 20.3 Å². The number of likely N-dealkylation sites (tertiary alicyclic amines) is 1. The second-order valence-electron chi connectivity index (χ2n) is 6.57. The Labute approximate surface area is 147 Å². The Kier molecular flexibility index (Phi) is 5.06. The number of nitrogens with zero attached hydrogens (tertiary/aromatic N) is 5. The topological polar surface area (TPSA) is 78.9 Å². The Morgan fingerprint density at radius 2 is 2.00 bits per heavy atom. The van der Waals surface area contributed by atoms with Crippen LogP contribution in [0.15, 0.2) is 6.07 Å². The van der Waals surface area contributed by atoms with Gasteiger partial charge in [0.1, 0.15) is 0 Å². The molecule has 2 aliphatic heterocycles. The number of aromatic nitrogens is 2. The highest BCUT2D eigenvalue weighted by atomic mass is 16.5. The highest BCUT2D eigenvalue weighted by molar-refractivity contribution is 5.89. The molecule has 2 saturated heterocycles. The number of hydrogen-bond donors (Lipinski definition) is 0. The Morgan fingerprint density at radius 1 is 1.28 bits per heavy atom. The summed E-state index contributed by atoms with van der Waals surface area (Å²) in [5.41, 5.74) is 0.861. The lowest BCUT2D eigenvalue weighted by Crippen LogP contribution is -2.51. The molecule has 0 bridgehead atoms. The van der Waals surface area contributed by atoms with Gasteiger partial charge in [0.25, 0.3) is 0 Å². The Balaban J connectivity index is 1.60. The summed E-state index contributed by atoms with van der Waals surface area (Å²) in [6.45, 7) is 7.52. The third-order valence-electron chi connectivity index (χ3n) is 4.68. The molecule has 0 spiro atoms. The maximum atomic E-state index is 12.6. The van der Waals surface area contributed by atoms with Gasteiger partial charge in [-0.2, -0.15) is 4.98 Å². The molecule has 3 rings (SSSR count). The summed E-state index contributed by atoms with van der Waals surface area (Å²) in [5, 5.41) is 0. The minimum absolute atomic E-state index is 0.0496. The van der Waals surface area contributed by atoms with Gasteiger partial charge < -0.3 is 19.4 Å². The van der Waals surface area contributed by atoms with Gasteiger partial charge in [-0.05, 0) is 13.8 Å². The molecule has 0 aliphatic carbocycles. The number of carbonyl (C=O) groups excluding carboxylic acids is 2. The number of anilines is 1. The zero-order valence-corrected chi connectivity index (χ0v) is 15.1. The number of amides is 2. The van der Waals surface area contributed by atoms with Crippen LogP contribution in [0.1, 0.15) is 19.0 Å². The van der Waals surface area contributed by atoms with Crippen LogP contribution in [-0.4, -0.2) is 78.0 Å². The molecule has 1 aromatic heterocycles. The molecule has 0 aromatic carbocycles. The summed E-state index contributed by atoms with van der Waals surface area (Å²) in [7, 11) is 1.75. The zero-order chi connectivity index (χ0) is 18.0. The van der Waals surface area contributed by atoms with E-state index in [9.17, 15) is 9.59 Å². The molecule has 2 fully saturated rings. The van der Waals surface area contributed by atoms with E-state index in [0.717, 1.165) is 5.69 Å². The second kappa shape index (κ2) is 7.25. The molecule has 8 heteroatoms. The molecule has 8 nitrogen and oxygen atoms in total. The van der Waals surface area contributed by atoms with Crippen molar-refractivity contribution < 1.29 is 14.3 Å². The molecule has 0 saturated carbocycles. The molecule has 2 amide bonds. The number of rotatable bonds is 4. The number of carbonyl (C=O) groups is 2.